The minimum Gasteiger partial charge on any atom is -0.438 e. The van der Waals surface area contributed by atoms with Gasteiger partial charge in [0.05, 0.1) is 13.2 Å². The maximum atomic E-state index is 12.6. The number of hydrogen-bond donors (Lipinski definition) is 1. The van der Waals surface area contributed by atoms with E-state index in [4.69, 9.17) is 9.15 Å². The molecule has 0 atom stereocenters. The predicted molar refractivity (Wildman–Crippen MR) is 106 cm³/mol. The average Bonchev–Trinajstić information content (AvgIpc) is 3.43. The van der Waals surface area contributed by atoms with E-state index in [1.807, 2.05) is 17.6 Å². The second kappa shape index (κ2) is 8.38. The molecule has 0 radical (unpaired) electrons. The standard InChI is InChI=1S/C19H21N5O5S/c1-14-20-6-7-24(14)17-12-15(4-5-21-17)13-22-19(25)16-2-3-18(29-16)30(26,27)23-8-10-28-11-9-23/h2-7,12H,8-11,13H2,1H3,(H,22,25). The van der Waals surface area contributed by atoms with Crippen molar-refractivity contribution in [1.29, 1.82) is 0 Å². The van der Waals surface area contributed by atoms with Crippen LogP contribution in [0.25, 0.3) is 5.82 Å². The van der Waals surface area contributed by atoms with Gasteiger partial charge in [-0.3, -0.25) is 9.36 Å². The van der Waals surface area contributed by atoms with Crippen LogP contribution in [0.2, 0.25) is 0 Å². The van der Waals surface area contributed by atoms with E-state index in [9.17, 15) is 13.2 Å². The predicted octanol–water partition coefficient (Wildman–Crippen LogP) is 1.12. The van der Waals surface area contributed by atoms with Crippen LogP contribution in [0.1, 0.15) is 21.9 Å². The van der Waals surface area contributed by atoms with Crippen LogP contribution >= 0.6 is 0 Å². The number of sulfonamides is 1. The lowest BCUT2D eigenvalue weighted by Gasteiger charge is -2.24. The fraction of sp³-hybridized carbons (Fsp3) is 0.316. The molecule has 3 aromatic heterocycles. The van der Waals surface area contributed by atoms with E-state index in [0.717, 1.165) is 11.4 Å². The number of rotatable bonds is 6. The van der Waals surface area contributed by atoms with Gasteiger partial charge in [0, 0.05) is 38.2 Å². The number of ether oxygens (including phenoxy) is 1. The number of hydrogen-bond acceptors (Lipinski definition) is 7. The first kappa shape index (κ1) is 20.3. The van der Waals surface area contributed by atoms with Crippen LogP contribution < -0.4 is 5.32 Å². The van der Waals surface area contributed by atoms with Crippen LogP contribution in [-0.2, 0) is 21.3 Å². The SMILES string of the molecule is Cc1nccn1-c1cc(CNC(=O)c2ccc(S(=O)(=O)N3CCOCC3)o2)ccn1. The lowest BCUT2D eigenvalue weighted by atomic mass is 10.2. The van der Waals surface area contributed by atoms with E-state index in [1.165, 1.54) is 16.4 Å². The first-order valence-corrected chi connectivity index (χ1v) is 10.8. The number of furan rings is 1. The zero-order chi connectivity index (χ0) is 21.1. The third-order valence-electron chi connectivity index (χ3n) is 4.70. The first-order chi connectivity index (χ1) is 14.4. The Balaban J connectivity index is 1.42. The summed E-state index contributed by atoms with van der Waals surface area (Å²) in [7, 11) is -3.79. The molecule has 0 aromatic carbocycles. The lowest BCUT2D eigenvalue weighted by Crippen LogP contribution is -2.40. The highest BCUT2D eigenvalue weighted by molar-refractivity contribution is 7.89. The molecular formula is C19H21N5O5S. The van der Waals surface area contributed by atoms with Gasteiger partial charge in [0.15, 0.2) is 5.76 Å². The van der Waals surface area contributed by atoms with Crippen LogP contribution in [0, 0.1) is 6.92 Å². The molecule has 1 aliphatic heterocycles. The second-order valence-electron chi connectivity index (χ2n) is 6.68. The fourth-order valence-corrected chi connectivity index (χ4v) is 4.41. The highest BCUT2D eigenvalue weighted by Crippen LogP contribution is 2.20. The molecule has 0 spiro atoms. The summed E-state index contributed by atoms with van der Waals surface area (Å²) in [6.07, 6.45) is 5.14. The van der Waals surface area contributed by atoms with Gasteiger partial charge in [-0.05, 0) is 36.8 Å². The Labute approximate surface area is 173 Å². The number of imidazole rings is 1. The molecule has 30 heavy (non-hydrogen) atoms. The van der Waals surface area contributed by atoms with Crippen molar-refractivity contribution >= 4 is 15.9 Å². The van der Waals surface area contributed by atoms with Crippen molar-refractivity contribution in [3.63, 3.8) is 0 Å². The minimum atomic E-state index is -3.79. The Kier molecular flexibility index (Phi) is 5.66. The van der Waals surface area contributed by atoms with Crippen LogP contribution in [0.3, 0.4) is 0 Å². The van der Waals surface area contributed by atoms with Gasteiger partial charge in [-0.2, -0.15) is 4.31 Å². The van der Waals surface area contributed by atoms with Gasteiger partial charge in [-0.15, -0.1) is 0 Å². The molecule has 1 amide bonds. The number of nitrogens with zero attached hydrogens (tertiary/aromatic N) is 4. The van der Waals surface area contributed by atoms with Crippen molar-refractivity contribution < 1.29 is 22.4 Å². The van der Waals surface area contributed by atoms with Gasteiger partial charge in [-0.1, -0.05) is 0 Å². The normalized spacial score (nSPS) is 15.2. The Hall–Kier alpha value is -3.02. The van der Waals surface area contributed by atoms with Crippen molar-refractivity contribution in [2.24, 2.45) is 0 Å². The molecule has 0 unspecified atom stereocenters. The zero-order valence-corrected chi connectivity index (χ0v) is 17.1. The summed E-state index contributed by atoms with van der Waals surface area (Å²) >= 11 is 0. The second-order valence-corrected chi connectivity index (χ2v) is 8.55. The molecule has 10 nitrogen and oxygen atoms in total. The van der Waals surface area contributed by atoms with E-state index < -0.39 is 15.9 Å². The highest BCUT2D eigenvalue weighted by atomic mass is 32.2. The number of carbonyl (C=O) groups is 1. The van der Waals surface area contributed by atoms with Gasteiger partial charge < -0.3 is 14.5 Å². The van der Waals surface area contributed by atoms with Gasteiger partial charge in [0.25, 0.3) is 15.9 Å². The molecule has 1 fully saturated rings. The highest BCUT2D eigenvalue weighted by Gasteiger charge is 2.30. The lowest BCUT2D eigenvalue weighted by molar-refractivity contribution is 0.0722. The Morgan fingerprint density at radius 3 is 2.70 bits per heavy atom. The number of nitrogens with one attached hydrogen (secondary N) is 1. The van der Waals surface area contributed by atoms with Gasteiger partial charge >= 0.3 is 0 Å². The van der Waals surface area contributed by atoms with E-state index in [-0.39, 0.29) is 30.5 Å². The molecular weight excluding hydrogens is 410 g/mol. The molecule has 0 saturated carbocycles. The largest absolute Gasteiger partial charge is 0.438 e. The first-order valence-electron chi connectivity index (χ1n) is 9.36. The molecule has 11 heteroatoms. The van der Waals surface area contributed by atoms with E-state index in [1.54, 1.807) is 24.7 Å². The molecule has 3 aromatic rings. The zero-order valence-electron chi connectivity index (χ0n) is 16.3. The Bertz CT molecular complexity index is 1150. The van der Waals surface area contributed by atoms with E-state index >= 15 is 0 Å². The van der Waals surface area contributed by atoms with Crippen molar-refractivity contribution in [3.05, 3.63) is 60.0 Å². The quantitative estimate of drug-likeness (QED) is 0.621. The summed E-state index contributed by atoms with van der Waals surface area (Å²) in [4.78, 5) is 20.9. The Morgan fingerprint density at radius 2 is 1.97 bits per heavy atom. The Morgan fingerprint density at radius 1 is 1.17 bits per heavy atom. The van der Waals surface area contributed by atoms with Gasteiger partial charge in [-0.25, -0.2) is 18.4 Å². The number of amides is 1. The molecule has 1 saturated heterocycles. The number of morpholine rings is 1. The topological polar surface area (TPSA) is 120 Å². The number of carbonyl (C=O) groups excluding carboxylic acids is 1. The van der Waals surface area contributed by atoms with Crippen LogP contribution in [0.5, 0.6) is 0 Å². The summed E-state index contributed by atoms with van der Waals surface area (Å²) in [6.45, 7) is 3.28. The third kappa shape index (κ3) is 4.13. The number of aryl methyl sites for hydroxylation is 1. The van der Waals surface area contributed by atoms with Gasteiger partial charge in [0.1, 0.15) is 11.6 Å². The summed E-state index contributed by atoms with van der Waals surface area (Å²) in [5.74, 6) is 0.916. The summed E-state index contributed by atoms with van der Waals surface area (Å²) in [5, 5.41) is 2.48. The molecule has 158 valence electrons. The summed E-state index contributed by atoms with van der Waals surface area (Å²) in [6, 6.07) is 6.28. The molecule has 1 N–H and O–H groups in total. The molecule has 4 rings (SSSR count). The van der Waals surface area contributed by atoms with E-state index in [2.05, 4.69) is 15.3 Å². The summed E-state index contributed by atoms with van der Waals surface area (Å²) < 4.78 is 38.9. The average molecular weight is 431 g/mol. The van der Waals surface area contributed by atoms with Crippen LogP contribution in [0.4, 0.5) is 0 Å². The number of pyridine rings is 1. The van der Waals surface area contributed by atoms with Gasteiger partial charge in [0.2, 0.25) is 5.09 Å². The van der Waals surface area contributed by atoms with Crippen molar-refractivity contribution in [2.75, 3.05) is 26.3 Å². The van der Waals surface area contributed by atoms with E-state index in [0.29, 0.717) is 19.0 Å². The van der Waals surface area contributed by atoms with Crippen molar-refractivity contribution in [3.8, 4) is 5.82 Å². The molecule has 4 heterocycles. The monoisotopic (exact) mass is 431 g/mol. The van der Waals surface area contributed by atoms with Crippen molar-refractivity contribution in [1.82, 2.24) is 24.2 Å². The smallest absolute Gasteiger partial charge is 0.287 e. The molecule has 1 aliphatic rings. The maximum absolute atomic E-state index is 12.6. The van der Waals surface area contributed by atoms with Crippen LogP contribution in [0.15, 0.2) is 52.4 Å². The maximum Gasteiger partial charge on any atom is 0.287 e. The van der Waals surface area contributed by atoms with Crippen molar-refractivity contribution in [2.45, 2.75) is 18.6 Å². The number of aromatic nitrogens is 3. The molecule has 0 aliphatic carbocycles. The molecule has 0 bridgehead atoms. The van der Waals surface area contributed by atoms with Crippen LogP contribution in [-0.4, -0.2) is 59.5 Å². The third-order valence-corrected chi connectivity index (χ3v) is 6.48. The summed E-state index contributed by atoms with van der Waals surface area (Å²) in [5.41, 5.74) is 0.828. The minimum absolute atomic E-state index is 0.0680. The fourth-order valence-electron chi connectivity index (χ4n) is 3.09.